The Morgan fingerprint density at radius 3 is 2.46 bits per heavy atom. The molecule has 1 aliphatic heterocycles. The van der Waals surface area contributed by atoms with Gasteiger partial charge in [0, 0.05) is 17.1 Å². The highest BCUT2D eigenvalue weighted by Gasteiger charge is 2.35. The van der Waals surface area contributed by atoms with E-state index in [9.17, 15) is 14.4 Å². The molecule has 2 amide bonds. The minimum absolute atomic E-state index is 0.0119. The number of thiocarbonyl (C=S) groups is 1. The van der Waals surface area contributed by atoms with Gasteiger partial charge in [0.15, 0.2) is 5.11 Å². The number of carbonyl (C=O) groups excluding carboxylic acids is 3. The molecule has 1 aromatic heterocycles. The lowest BCUT2D eigenvalue weighted by Crippen LogP contribution is -2.54. The van der Waals surface area contributed by atoms with Gasteiger partial charge in [-0.15, -0.1) is 0 Å². The van der Waals surface area contributed by atoms with Gasteiger partial charge in [0.05, 0.1) is 18.4 Å². The quantitative estimate of drug-likeness (QED) is 0.256. The summed E-state index contributed by atoms with van der Waals surface area (Å²) in [6.45, 7) is 7.67. The summed E-state index contributed by atoms with van der Waals surface area (Å²) in [5.41, 5.74) is 6.14. The maximum Gasteiger partial charge on any atom is 0.337 e. The fraction of sp³-hybridized carbons (Fsp3) is 0.185. The van der Waals surface area contributed by atoms with Crippen molar-refractivity contribution in [3.63, 3.8) is 0 Å². The number of hydrogen-bond acceptors (Lipinski definition) is 5. The molecule has 0 aliphatic carbocycles. The number of aromatic nitrogens is 1. The first kappa shape index (κ1) is 24.1. The normalized spacial score (nSPS) is 14.9. The lowest BCUT2D eigenvalue weighted by Gasteiger charge is -2.30. The average Bonchev–Trinajstić information content (AvgIpc) is 3.10. The van der Waals surface area contributed by atoms with Gasteiger partial charge in [-0.2, -0.15) is 0 Å². The van der Waals surface area contributed by atoms with Crippen LogP contribution in [0.1, 0.15) is 38.4 Å². The smallest absolute Gasteiger partial charge is 0.337 e. The van der Waals surface area contributed by atoms with Crippen LogP contribution in [0.25, 0.3) is 11.8 Å². The molecule has 1 saturated heterocycles. The summed E-state index contributed by atoms with van der Waals surface area (Å²) in [6.07, 6.45) is 1.58. The van der Waals surface area contributed by atoms with Crippen LogP contribution < -0.4 is 10.2 Å². The van der Waals surface area contributed by atoms with Gasteiger partial charge in [-0.25, -0.2) is 4.79 Å². The number of ether oxygens (including phenoxy) is 1. The average molecular weight is 488 g/mol. The third-order valence-corrected chi connectivity index (χ3v) is 6.28. The van der Waals surface area contributed by atoms with Crippen LogP contribution in [-0.2, 0) is 14.3 Å². The molecule has 3 aromatic rings. The first-order valence-corrected chi connectivity index (χ1v) is 11.4. The Kier molecular flexibility index (Phi) is 6.41. The monoisotopic (exact) mass is 487 g/mol. The molecule has 4 rings (SSSR count). The molecule has 2 aromatic carbocycles. The minimum Gasteiger partial charge on any atom is -0.465 e. The van der Waals surface area contributed by atoms with Gasteiger partial charge in [0.1, 0.15) is 5.57 Å². The van der Waals surface area contributed by atoms with Gasteiger partial charge in [-0.3, -0.25) is 19.8 Å². The summed E-state index contributed by atoms with van der Waals surface area (Å²) >= 11 is 5.34. The molecule has 0 saturated carbocycles. The van der Waals surface area contributed by atoms with Gasteiger partial charge in [0.25, 0.3) is 11.8 Å². The second kappa shape index (κ2) is 9.31. The minimum atomic E-state index is -0.543. The SMILES string of the molecule is COC(=O)c1cccc(-n2c(C)cc(/C=C3\C(=O)NC(=S)N(c4ccc(C)cc4C)C3=O)c2C)c1. The van der Waals surface area contributed by atoms with Crippen molar-refractivity contribution >= 4 is 46.9 Å². The van der Waals surface area contributed by atoms with Crippen molar-refractivity contribution in [1.29, 1.82) is 0 Å². The molecular weight excluding hydrogens is 462 g/mol. The Morgan fingerprint density at radius 2 is 1.77 bits per heavy atom. The van der Waals surface area contributed by atoms with Crippen molar-refractivity contribution in [1.82, 2.24) is 9.88 Å². The van der Waals surface area contributed by atoms with Crippen LogP contribution in [0, 0.1) is 27.7 Å². The number of amides is 2. The third kappa shape index (κ3) is 4.40. The number of methoxy groups -OCH3 is 1. The van der Waals surface area contributed by atoms with E-state index in [2.05, 4.69) is 5.32 Å². The first-order valence-electron chi connectivity index (χ1n) is 11.0. The number of anilines is 1. The van der Waals surface area contributed by atoms with E-state index in [-0.39, 0.29) is 10.7 Å². The van der Waals surface area contributed by atoms with E-state index in [0.29, 0.717) is 16.8 Å². The molecule has 0 atom stereocenters. The molecule has 178 valence electrons. The van der Waals surface area contributed by atoms with E-state index in [4.69, 9.17) is 17.0 Å². The van der Waals surface area contributed by atoms with Gasteiger partial charge < -0.3 is 9.30 Å². The fourth-order valence-corrected chi connectivity index (χ4v) is 4.58. The molecule has 0 bridgehead atoms. The molecule has 1 fully saturated rings. The predicted molar refractivity (Wildman–Crippen MR) is 139 cm³/mol. The summed E-state index contributed by atoms with van der Waals surface area (Å²) in [7, 11) is 1.34. The number of nitrogens with zero attached hydrogens (tertiary/aromatic N) is 2. The van der Waals surface area contributed by atoms with Crippen LogP contribution in [0.4, 0.5) is 5.69 Å². The summed E-state index contributed by atoms with van der Waals surface area (Å²) < 4.78 is 6.79. The number of rotatable bonds is 4. The number of aryl methyl sites for hydroxylation is 3. The second-order valence-corrected chi connectivity index (χ2v) is 8.84. The highest BCUT2D eigenvalue weighted by atomic mass is 32.1. The molecule has 35 heavy (non-hydrogen) atoms. The molecular formula is C27H25N3O4S. The predicted octanol–water partition coefficient (Wildman–Crippen LogP) is 4.33. The number of esters is 1. The van der Waals surface area contributed by atoms with Crippen molar-refractivity contribution in [2.24, 2.45) is 0 Å². The van der Waals surface area contributed by atoms with Crippen LogP contribution in [-0.4, -0.2) is 34.6 Å². The van der Waals surface area contributed by atoms with E-state index < -0.39 is 17.8 Å². The Morgan fingerprint density at radius 1 is 1.03 bits per heavy atom. The van der Waals surface area contributed by atoms with Crippen molar-refractivity contribution < 1.29 is 19.1 Å². The zero-order valence-electron chi connectivity index (χ0n) is 20.1. The third-order valence-electron chi connectivity index (χ3n) is 5.99. The van der Waals surface area contributed by atoms with E-state index in [0.717, 1.165) is 28.2 Å². The molecule has 0 unspecified atom stereocenters. The zero-order valence-corrected chi connectivity index (χ0v) is 20.9. The number of carbonyl (C=O) groups is 3. The fourth-order valence-electron chi connectivity index (χ4n) is 4.31. The van der Waals surface area contributed by atoms with E-state index >= 15 is 0 Å². The van der Waals surface area contributed by atoms with Gasteiger partial charge in [-0.1, -0.05) is 23.8 Å². The lowest BCUT2D eigenvalue weighted by atomic mass is 10.0. The standard InChI is InChI=1S/C27H25N3O4S/c1-15-9-10-23(16(2)11-15)30-25(32)22(24(31)28-27(30)35)14-20-12-17(3)29(18(20)4)21-8-6-7-19(13-21)26(33)34-5/h6-14H,1-5H3,(H,28,31,35)/b22-14+. The van der Waals surface area contributed by atoms with Crippen molar-refractivity contribution in [2.75, 3.05) is 12.0 Å². The molecule has 0 radical (unpaired) electrons. The van der Waals surface area contributed by atoms with Crippen molar-refractivity contribution in [3.8, 4) is 5.69 Å². The van der Waals surface area contributed by atoms with Crippen molar-refractivity contribution in [2.45, 2.75) is 27.7 Å². The van der Waals surface area contributed by atoms with Crippen LogP contribution in [0.15, 0.2) is 54.1 Å². The molecule has 1 aliphatic rings. The van der Waals surface area contributed by atoms with Crippen molar-refractivity contribution in [3.05, 3.63) is 87.7 Å². The summed E-state index contributed by atoms with van der Waals surface area (Å²) in [6, 6.07) is 14.6. The second-order valence-electron chi connectivity index (χ2n) is 8.45. The van der Waals surface area contributed by atoms with Crippen LogP contribution >= 0.6 is 12.2 Å². The van der Waals surface area contributed by atoms with Gasteiger partial charge in [0.2, 0.25) is 0 Å². The van der Waals surface area contributed by atoms with Crippen LogP contribution in [0.5, 0.6) is 0 Å². The van der Waals surface area contributed by atoms with E-state index in [1.54, 1.807) is 24.3 Å². The Balaban J connectivity index is 1.77. The Labute approximate surface area is 209 Å². The van der Waals surface area contributed by atoms with Crippen LogP contribution in [0.3, 0.4) is 0 Å². The number of nitrogens with one attached hydrogen (secondary N) is 1. The van der Waals surface area contributed by atoms with Crippen LogP contribution in [0.2, 0.25) is 0 Å². The van der Waals surface area contributed by atoms with E-state index in [1.807, 2.05) is 62.6 Å². The maximum absolute atomic E-state index is 13.5. The van der Waals surface area contributed by atoms with E-state index in [1.165, 1.54) is 12.0 Å². The number of hydrogen-bond donors (Lipinski definition) is 1. The largest absolute Gasteiger partial charge is 0.465 e. The molecule has 0 spiro atoms. The lowest BCUT2D eigenvalue weighted by molar-refractivity contribution is -0.122. The summed E-state index contributed by atoms with van der Waals surface area (Å²) in [5, 5.41) is 2.69. The Hall–Kier alpha value is -4.04. The highest BCUT2D eigenvalue weighted by molar-refractivity contribution is 7.80. The first-order chi connectivity index (χ1) is 16.6. The topological polar surface area (TPSA) is 80.6 Å². The zero-order chi connectivity index (χ0) is 25.4. The molecule has 1 N–H and O–H groups in total. The molecule has 8 heteroatoms. The summed E-state index contributed by atoms with van der Waals surface area (Å²) in [4.78, 5) is 39.6. The van der Waals surface area contributed by atoms with Gasteiger partial charge >= 0.3 is 5.97 Å². The maximum atomic E-state index is 13.5. The molecule has 7 nitrogen and oxygen atoms in total. The highest BCUT2D eigenvalue weighted by Crippen LogP contribution is 2.28. The molecule has 2 heterocycles. The Bertz CT molecular complexity index is 1430. The van der Waals surface area contributed by atoms with Gasteiger partial charge in [-0.05, 0) is 87.4 Å². The summed E-state index contributed by atoms with van der Waals surface area (Å²) in [5.74, 6) is -1.45. The number of benzene rings is 2.